The SMILES string of the molecule is CCC(N)Cc1cnc(C2CCCCS2)nc1. The predicted molar refractivity (Wildman–Crippen MR) is 73.1 cm³/mol. The van der Waals surface area contributed by atoms with E-state index >= 15 is 0 Å². The summed E-state index contributed by atoms with van der Waals surface area (Å²) in [5.74, 6) is 2.25. The highest BCUT2D eigenvalue weighted by atomic mass is 32.2. The van der Waals surface area contributed by atoms with Gasteiger partial charge in [-0.3, -0.25) is 0 Å². The van der Waals surface area contributed by atoms with Gasteiger partial charge >= 0.3 is 0 Å². The summed E-state index contributed by atoms with van der Waals surface area (Å²) in [6.07, 6.45) is 9.65. The third-order valence-electron chi connectivity index (χ3n) is 3.22. The fourth-order valence-corrected chi connectivity index (χ4v) is 3.29. The highest BCUT2D eigenvalue weighted by molar-refractivity contribution is 7.99. The predicted octanol–water partition coefficient (Wildman–Crippen LogP) is 2.71. The number of hydrogen-bond acceptors (Lipinski definition) is 4. The quantitative estimate of drug-likeness (QED) is 0.894. The number of nitrogens with two attached hydrogens (primary N) is 1. The Hall–Kier alpha value is -0.610. The number of aromatic nitrogens is 2. The van der Waals surface area contributed by atoms with Crippen molar-refractivity contribution in [2.75, 3.05) is 5.75 Å². The standard InChI is InChI=1S/C13H21N3S/c1-2-11(14)7-10-8-15-13(16-9-10)12-5-3-4-6-17-12/h8-9,11-12H,2-7,14H2,1H3. The normalized spacial score (nSPS) is 22.4. The molecule has 0 radical (unpaired) electrons. The number of thioether (sulfide) groups is 1. The second-order valence-electron chi connectivity index (χ2n) is 4.68. The third kappa shape index (κ3) is 3.68. The first kappa shape index (κ1) is 12.8. The molecule has 17 heavy (non-hydrogen) atoms. The lowest BCUT2D eigenvalue weighted by molar-refractivity contribution is 0.636. The van der Waals surface area contributed by atoms with Gasteiger partial charge in [0.05, 0.1) is 5.25 Å². The molecule has 0 amide bonds. The molecule has 0 aromatic carbocycles. The zero-order valence-corrected chi connectivity index (χ0v) is 11.2. The minimum atomic E-state index is 0.230. The first-order valence-electron chi connectivity index (χ1n) is 6.47. The van der Waals surface area contributed by atoms with Crippen molar-refractivity contribution < 1.29 is 0 Å². The van der Waals surface area contributed by atoms with Crippen molar-refractivity contribution in [3.63, 3.8) is 0 Å². The molecule has 1 saturated heterocycles. The largest absolute Gasteiger partial charge is 0.327 e. The summed E-state index contributed by atoms with van der Waals surface area (Å²) in [5.41, 5.74) is 7.08. The van der Waals surface area contributed by atoms with Crippen LogP contribution < -0.4 is 5.73 Å². The Morgan fingerprint density at radius 3 is 2.76 bits per heavy atom. The van der Waals surface area contributed by atoms with E-state index in [1.165, 1.54) is 25.0 Å². The van der Waals surface area contributed by atoms with Crippen LogP contribution in [0.4, 0.5) is 0 Å². The van der Waals surface area contributed by atoms with Crippen LogP contribution in [0.25, 0.3) is 0 Å². The van der Waals surface area contributed by atoms with Crippen molar-refractivity contribution in [1.82, 2.24) is 9.97 Å². The first-order valence-corrected chi connectivity index (χ1v) is 7.52. The Morgan fingerprint density at radius 2 is 2.18 bits per heavy atom. The van der Waals surface area contributed by atoms with Crippen LogP contribution in [0, 0.1) is 0 Å². The van der Waals surface area contributed by atoms with Crippen molar-refractivity contribution in [3.05, 3.63) is 23.8 Å². The molecule has 2 heterocycles. The number of hydrogen-bond donors (Lipinski definition) is 1. The second kappa shape index (κ2) is 6.36. The lowest BCUT2D eigenvalue weighted by atomic mass is 10.1. The highest BCUT2D eigenvalue weighted by Gasteiger charge is 2.18. The van der Waals surface area contributed by atoms with Gasteiger partial charge in [-0.25, -0.2) is 9.97 Å². The molecule has 2 rings (SSSR count). The van der Waals surface area contributed by atoms with Gasteiger partial charge in [0.1, 0.15) is 5.82 Å². The van der Waals surface area contributed by atoms with Gasteiger partial charge in [-0.1, -0.05) is 13.3 Å². The Morgan fingerprint density at radius 1 is 1.41 bits per heavy atom. The van der Waals surface area contributed by atoms with Gasteiger partial charge in [0.2, 0.25) is 0 Å². The zero-order valence-electron chi connectivity index (χ0n) is 10.4. The fourth-order valence-electron chi connectivity index (χ4n) is 2.03. The molecule has 0 aliphatic carbocycles. The Bertz CT molecular complexity index is 333. The van der Waals surface area contributed by atoms with Crippen molar-refractivity contribution in [1.29, 1.82) is 0 Å². The molecular formula is C13H21N3S. The summed E-state index contributed by atoms with van der Waals surface area (Å²) in [5, 5.41) is 0.512. The van der Waals surface area contributed by atoms with Gasteiger partial charge in [-0.05, 0) is 37.0 Å². The van der Waals surface area contributed by atoms with Crippen LogP contribution >= 0.6 is 11.8 Å². The van der Waals surface area contributed by atoms with E-state index < -0.39 is 0 Å². The monoisotopic (exact) mass is 251 g/mol. The Labute approximate surface area is 108 Å². The van der Waals surface area contributed by atoms with Crippen LogP contribution in [-0.2, 0) is 6.42 Å². The molecule has 94 valence electrons. The average Bonchev–Trinajstić information content (AvgIpc) is 2.40. The van der Waals surface area contributed by atoms with Gasteiger partial charge in [0.25, 0.3) is 0 Å². The lowest BCUT2D eigenvalue weighted by Crippen LogP contribution is -2.21. The maximum Gasteiger partial charge on any atom is 0.141 e. The molecule has 0 spiro atoms. The van der Waals surface area contributed by atoms with E-state index in [2.05, 4.69) is 16.9 Å². The molecule has 1 fully saturated rings. The molecule has 2 N–H and O–H groups in total. The summed E-state index contributed by atoms with van der Waals surface area (Å²) in [6.45, 7) is 2.11. The molecule has 0 saturated carbocycles. The van der Waals surface area contributed by atoms with Crippen LogP contribution in [0.5, 0.6) is 0 Å². The van der Waals surface area contributed by atoms with E-state index in [1.54, 1.807) is 0 Å². The van der Waals surface area contributed by atoms with Gasteiger partial charge in [-0.2, -0.15) is 11.8 Å². The van der Waals surface area contributed by atoms with Crippen molar-refractivity contribution >= 4 is 11.8 Å². The van der Waals surface area contributed by atoms with Gasteiger partial charge in [-0.15, -0.1) is 0 Å². The van der Waals surface area contributed by atoms with Crippen LogP contribution in [0.1, 0.15) is 49.2 Å². The molecule has 4 heteroatoms. The summed E-state index contributed by atoms with van der Waals surface area (Å²) in [7, 11) is 0. The average molecular weight is 251 g/mol. The molecule has 1 aromatic rings. The third-order valence-corrected chi connectivity index (χ3v) is 4.59. The summed E-state index contributed by atoms with van der Waals surface area (Å²) in [4.78, 5) is 9.00. The molecule has 3 nitrogen and oxygen atoms in total. The van der Waals surface area contributed by atoms with Crippen molar-refractivity contribution in [2.24, 2.45) is 5.73 Å². The molecule has 1 aliphatic heterocycles. The fraction of sp³-hybridized carbons (Fsp3) is 0.692. The van der Waals surface area contributed by atoms with E-state index in [-0.39, 0.29) is 6.04 Å². The summed E-state index contributed by atoms with van der Waals surface area (Å²) >= 11 is 1.99. The Kier molecular flexibility index (Phi) is 4.80. The van der Waals surface area contributed by atoms with Crippen molar-refractivity contribution in [3.8, 4) is 0 Å². The maximum absolute atomic E-state index is 5.93. The van der Waals surface area contributed by atoms with E-state index in [9.17, 15) is 0 Å². The number of nitrogens with zero attached hydrogens (tertiary/aromatic N) is 2. The van der Waals surface area contributed by atoms with Crippen LogP contribution in [0.15, 0.2) is 12.4 Å². The van der Waals surface area contributed by atoms with Gasteiger partial charge in [0, 0.05) is 18.4 Å². The minimum absolute atomic E-state index is 0.230. The van der Waals surface area contributed by atoms with Crippen LogP contribution in [0.2, 0.25) is 0 Å². The summed E-state index contributed by atoms with van der Waals surface area (Å²) < 4.78 is 0. The van der Waals surface area contributed by atoms with Crippen LogP contribution in [-0.4, -0.2) is 21.8 Å². The topological polar surface area (TPSA) is 51.8 Å². The lowest BCUT2D eigenvalue weighted by Gasteiger charge is -2.19. The molecule has 2 atom stereocenters. The van der Waals surface area contributed by atoms with E-state index in [4.69, 9.17) is 5.73 Å². The van der Waals surface area contributed by atoms with Gasteiger partial charge in [0.15, 0.2) is 0 Å². The number of rotatable bonds is 4. The van der Waals surface area contributed by atoms with Crippen LogP contribution in [0.3, 0.4) is 0 Å². The second-order valence-corrected chi connectivity index (χ2v) is 5.99. The van der Waals surface area contributed by atoms with Gasteiger partial charge < -0.3 is 5.73 Å². The molecule has 0 bridgehead atoms. The smallest absolute Gasteiger partial charge is 0.141 e. The summed E-state index contributed by atoms with van der Waals surface area (Å²) in [6, 6.07) is 0.230. The van der Waals surface area contributed by atoms with E-state index in [0.717, 1.165) is 24.2 Å². The van der Waals surface area contributed by atoms with E-state index in [0.29, 0.717) is 5.25 Å². The maximum atomic E-state index is 5.93. The van der Waals surface area contributed by atoms with E-state index in [1.807, 2.05) is 24.2 Å². The van der Waals surface area contributed by atoms with Crippen molar-refractivity contribution in [2.45, 2.75) is 50.3 Å². The first-order chi connectivity index (χ1) is 8.29. The molecule has 1 aromatic heterocycles. The zero-order chi connectivity index (χ0) is 12.1. The Balaban J connectivity index is 1.97. The molecular weight excluding hydrogens is 230 g/mol. The minimum Gasteiger partial charge on any atom is -0.327 e. The molecule has 2 unspecified atom stereocenters. The highest BCUT2D eigenvalue weighted by Crippen LogP contribution is 2.36. The molecule has 1 aliphatic rings.